The molecule has 0 bridgehead atoms. The predicted octanol–water partition coefficient (Wildman–Crippen LogP) is 0.973. The van der Waals surface area contributed by atoms with Gasteiger partial charge in [-0.25, -0.2) is 9.78 Å². The number of hydrogen-bond donors (Lipinski definition) is 0. The molecule has 2 aromatic heterocycles. The average Bonchev–Trinajstić information content (AvgIpc) is 2.79. The second kappa shape index (κ2) is 5.21. The highest BCUT2D eigenvalue weighted by Gasteiger charge is 2.17. The normalized spacial score (nSPS) is 11.4. The van der Waals surface area contributed by atoms with E-state index in [2.05, 4.69) is 11.9 Å². The summed E-state index contributed by atoms with van der Waals surface area (Å²) in [6.07, 6.45) is 1.96. The van der Waals surface area contributed by atoms with Gasteiger partial charge in [-0.2, -0.15) is 0 Å². The molecule has 0 radical (unpaired) electrons. The van der Waals surface area contributed by atoms with E-state index in [0.29, 0.717) is 23.5 Å². The molecule has 0 aliphatic rings. The summed E-state index contributed by atoms with van der Waals surface area (Å²) >= 11 is 5.89. The monoisotopic (exact) mass is 284 g/mol. The molecule has 0 atom stereocenters. The lowest BCUT2D eigenvalue weighted by molar-refractivity contribution is 0.607. The number of halogens is 1. The Bertz CT molecular complexity index is 726. The van der Waals surface area contributed by atoms with Crippen molar-refractivity contribution >= 4 is 22.8 Å². The first-order chi connectivity index (χ1) is 9.02. The molecular formula is C12H17ClN4O2. The predicted molar refractivity (Wildman–Crippen MR) is 74.7 cm³/mol. The highest BCUT2D eigenvalue weighted by molar-refractivity contribution is 6.16. The van der Waals surface area contributed by atoms with Crippen molar-refractivity contribution in [2.45, 2.75) is 32.2 Å². The number of aromatic nitrogens is 4. The van der Waals surface area contributed by atoms with Crippen LogP contribution in [0.2, 0.25) is 0 Å². The van der Waals surface area contributed by atoms with Crippen LogP contribution in [-0.4, -0.2) is 18.7 Å². The number of alkyl halides is 1. The summed E-state index contributed by atoms with van der Waals surface area (Å²) in [6.45, 7) is 2.78. The first kappa shape index (κ1) is 13.9. The Labute approximate surface area is 115 Å². The molecular weight excluding hydrogens is 268 g/mol. The van der Waals surface area contributed by atoms with Crippen molar-refractivity contribution in [2.24, 2.45) is 14.1 Å². The van der Waals surface area contributed by atoms with E-state index >= 15 is 0 Å². The first-order valence-electron chi connectivity index (χ1n) is 6.24. The maximum Gasteiger partial charge on any atom is 0.332 e. The van der Waals surface area contributed by atoms with Crippen LogP contribution in [0.25, 0.3) is 11.2 Å². The van der Waals surface area contributed by atoms with E-state index in [1.807, 2.05) is 4.57 Å². The molecule has 0 N–H and O–H groups in total. The number of nitrogens with zero attached hydrogens (tertiary/aromatic N) is 4. The van der Waals surface area contributed by atoms with Gasteiger partial charge in [0.1, 0.15) is 11.5 Å². The van der Waals surface area contributed by atoms with Gasteiger partial charge >= 0.3 is 5.69 Å². The Morgan fingerprint density at radius 3 is 2.47 bits per heavy atom. The molecule has 6 nitrogen and oxygen atoms in total. The number of aryl methyl sites for hydroxylation is 2. The third-order valence-corrected chi connectivity index (χ3v) is 3.51. The fraction of sp³-hybridized carbons (Fsp3) is 0.583. The zero-order valence-electron chi connectivity index (χ0n) is 11.3. The van der Waals surface area contributed by atoms with Gasteiger partial charge in [0, 0.05) is 20.6 Å². The first-order valence-corrected chi connectivity index (χ1v) is 6.77. The summed E-state index contributed by atoms with van der Waals surface area (Å²) in [7, 11) is 3.10. The number of rotatable bonds is 4. The summed E-state index contributed by atoms with van der Waals surface area (Å²) in [4.78, 5) is 28.4. The number of fused-ring (bicyclic) bond motifs is 1. The van der Waals surface area contributed by atoms with E-state index in [1.54, 1.807) is 7.05 Å². The van der Waals surface area contributed by atoms with E-state index in [4.69, 9.17) is 11.6 Å². The summed E-state index contributed by atoms with van der Waals surface area (Å²) in [5.74, 6) is 0.846. The van der Waals surface area contributed by atoms with Crippen LogP contribution in [0.4, 0.5) is 0 Å². The summed E-state index contributed by atoms with van der Waals surface area (Å²) in [5, 5.41) is 0. The molecule has 0 aromatic carbocycles. The number of imidazole rings is 1. The zero-order chi connectivity index (χ0) is 14.2. The Kier molecular flexibility index (Phi) is 3.80. The van der Waals surface area contributed by atoms with Crippen molar-refractivity contribution in [1.29, 1.82) is 0 Å². The van der Waals surface area contributed by atoms with Crippen LogP contribution < -0.4 is 11.2 Å². The molecule has 0 spiro atoms. The van der Waals surface area contributed by atoms with Crippen molar-refractivity contribution in [3.63, 3.8) is 0 Å². The van der Waals surface area contributed by atoms with Gasteiger partial charge in [0.25, 0.3) is 5.56 Å². The van der Waals surface area contributed by atoms with Crippen LogP contribution in [0.3, 0.4) is 0 Å². The lowest BCUT2D eigenvalue weighted by Crippen LogP contribution is -2.37. The van der Waals surface area contributed by atoms with Crippen LogP contribution in [0.5, 0.6) is 0 Å². The van der Waals surface area contributed by atoms with Crippen molar-refractivity contribution in [1.82, 2.24) is 18.7 Å². The average molecular weight is 285 g/mol. The molecule has 0 saturated heterocycles. The zero-order valence-corrected chi connectivity index (χ0v) is 12.1. The smallest absolute Gasteiger partial charge is 0.313 e. The molecule has 2 aromatic rings. The van der Waals surface area contributed by atoms with Gasteiger partial charge in [0.05, 0.1) is 5.88 Å². The lowest BCUT2D eigenvalue weighted by Gasteiger charge is -2.09. The minimum atomic E-state index is -0.375. The minimum absolute atomic E-state index is 0.218. The quantitative estimate of drug-likeness (QED) is 0.786. The molecule has 0 aliphatic heterocycles. The fourth-order valence-electron chi connectivity index (χ4n) is 2.19. The molecule has 0 fully saturated rings. The van der Waals surface area contributed by atoms with E-state index < -0.39 is 0 Å². The van der Waals surface area contributed by atoms with Crippen LogP contribution in [0, 0.1) is 0 Å². The standard InChI is InChI=1S/C12H17ClN4O2/c1-4-5-6-17-8(7-13)14-9-10(17)15(2)12(19)16(3)11(9)18/h4-7H2,1-3H3. The van der Waals surface area contributed by atoms with Gasteiger partial charge < -0.3 is 4.57 Å². The lowest BCUT2D eigenvalue weighted by atomic mass is 10.3. The van der Waals surface area contributed by atoms with Gasteiger partial charge in [-0.3, -0.25) is 13.9 Å². The van der Waals surface area contributed by atoms with E-state index in [9.17, 15) is 9.59 Å². The SMILES string of the molecule is CCCCn1c(CCl)nc2c(=O)n(C)c(=O)n(C)c21. The Morgan fingerprint density at radius 1 is 1.21 bits per heavy atom. The van der Waals surface area contributed by atoms with Gasteiger partial charge in [-0.05, 0) is 6.42 Å². The molecule has 0 aliphatic carbocycles. The summed E-state index contributed by atoms with van der Waals surface area (Å²) in [5.41, 5.74) is 0.129. The molecule has 0 saturated carbocycles. The van der Waals surface area contributed by atoms with E-state index in [-0.39, 0.29) is 17.1 Å². The largest absolute Gasteiger partial charge is 0.332 e. The van der Waals surface area contributed by atoms with E-state index in [1.165, 1.54) is 11.6 Å². The highest BCUT2D eigenvalue weighted by atomic mass is 35.5. The molecule has 2 heterocycles. The fourth-order valence-corrected chi connectivity index (χ4v) is 2.39. The molecule has 7 heteroatoms. The molecule has 0 amide bonds. The maximum absolute atomic E-state index is 12.1. The van der Waals surface area contributed by atoms with Gasteiger partial charge in [0.2, 0.25) is 0 Å². The molecule has 2 rings (SSSR count). The summed E-state index contributed by atoms with van der Waals surface area (Å²) < 4.78 is 4.39. The van der Waals surface area contributed by atoms with Crippen molar-refractivity contribution in [3.05, 3.63) is 26.7 Å². The molecule has 19 heavy (non-hydrogen) atoms. The minimum Gasteiger partial charge on any atom is -0.313 e. The van der Waals surface area contributed by atoms with E-state index in [0.717, 1.165) is 17.4 Å². The summed E-state index contributed by atoms with van der Waals surface area (Å²) in [6, 6.07) is 0. The second-order valence-electron chi connectivity index (χ2n) is 4.54. The van der Waals surface area contributed by atoms with Crippen LogP contribution in [-0.2, 0) is 26.5 Å². The van der Waals surface area contributed by atoms with Crippen molar-refractivity contribution < 1.29 is 0 Å². The third kappa shape index (κ3) is 2.10. The molecule has 104 valence electrons. The van der Waals surface area contributed by atoms with Crippen LogP contribution in [0.15, 0.2) is 9.59 Å². The van der Waals surface area contributed by atoms with Crippen molar-refractivity contribution in [3.8, 4) is 0 Å². The van der Waals surface area contributed by atoms with Crippen LogP contribution in [0.1, 0.15) is 25.6 Å². The van der Waals surface area contributed by atoms with Crippen molar-refractivity contribution in [2.75, 3.05) is 0 Å². The number of unbranched alkanes of at least 4 members (excludes halogenated alkanes) is 1. The Balaban J connectivity index is 2.86. The number of hydrogen-bond acceptors (Lipinski definition) is 3. The second-order valence-corrected chi connectivity index (χ2v) is 4.81. The van der Waals surface area contributed by atoms with Gasteiger partial charge in [0.15, 0.2) is 5.52 Å². The van der Waals surface area contributed by atoms with Gasteiger partial charge in [-0.1, -0.05) is 13.3 Å². The maximum atomic E-state index is 12.1. The van der Waals surface area contributed by atoms with Crippen LogP contribution >= 0.6 is 11.6 Å². The third-order valence-electron chi connectivity index (χ3n) is 3.27. The topological polar surface area (TPSA) is 61.8 Å². The Hall–Kier alpha value is -1.56. The highest BCUT2D eigenvalue weighted by Crippen LogP contribution is 2.14. The van der Waals surface area contributed by atoms with Gasteiger partial charge in [-0.15, -0.1) is 11.6 Å². The molecule has 0 unspecified atom stereocenters. The Morgan fingerprint density at radius 2 is 1.89 bits per heavy atom.